The summed E-state index contributed by atoms with van der Waals surface area (Å²) in [5.41, 5.74) is 7.38. The molecule has 7 heteroatoms. The maximum Gasteiger partial charge on any atom is 0.255 e. The van der Waals surface area contributed by atoms with Crippen molar-refractivity contribution in [3.8, 4) is 5.75 Å². The molecule has 0 bridgehead atoms. The molecule has 23 heavy (non-hydrogen) atoms. The highest BCUT2D eigenvalue weighted by molar-refractivity contribution is 6.28. The largest absolute Gasteiger partial charge is 0.495 e. The quantitative estimate of drug-likeness (QED) is 0.721. The summed E-state index contributed by atoms with van der Waals surface area (Å²) >= 11 is 5.83. The van der Waals surface area contributed by atoms with Crippen LogP contribution in [0.4, 0.5) is 11.5 Å². The predicted molar refractivity (Wildman–Crippen MR) is 89.9 cm³/mol. The number of anilines is 2. The molecule has 0 aliphatic carbocycles. The monoisotopic (exact) mass is 328 g/mol. The zero-order chi connectivity index (χ0) is 16.4. The van der Waals surface area contributed by atoms with Crippen molar-refractivity contribution in [2.75, 3.05) is 18.2 Å². The van der Waals surface area contributed by atoms with Gasteiger partial charge in [-0.2, -0.15) is 0 Å². The summed E-state index contributed by atoms with van der Waals surface area (Å²) in [4.78, 5) is 20.3. The number of nitrogens with two attached hydrogens (primary N) is 1. The standard InChI is InChI=1S/C16H13ClN4O2/c1-23-13-7-10-11(20-16(17)21-14(10)18)8-12(13)19-15(22)9-5-3-2-4-6-9/h2-8H,1H3,(H,19,22)(H2,18,20,21). The molecule has 1 amide bonds. The van der Waals surface area contributed by atoms with E-state index in [9.17, 15) is 4.79 Å². The van der Waals surface area contributed by atoms with Crippen LogP contribution < -0.4 is 15.8 Å². The van der Waals surface area contributed by atoms with E-state index in [-0.39, 0.29) is 17.0 Å². The number of nitrogen functional groups attached to an aromatic ring is 1. The first kappa shape index (κ1) is 15.1. The van der Waals surface area contributed by atoms with Gasteiger partial charge in [0, 0.05) is 10.9 Å². The molecule has 1 heterocycles. The topological polar surface area (TPSA) is 90.1 Å². The second-order valence-electron chi connectivity index (χ2n) is 4.77. The SMILES string of the molecule is COc1cc2c(N)nc(Cl)nc2cc1NC(=O)c1ccccc1. The van der Waals surface area contributed by atoms with E-state index in [2.05, 4.69) is 15.3 Å². The lowest BCUT2D eigenvalue weighted by Crippen LogP contribution is -2.12. The van der Waals surface area contributed by atoms with Crippen LogP contribution in [0.3, 0.4) is 0 Å². The van der Waals surface area contributed by atoms with Gasteiger partial charge in [0.2, 0.25) is 5.28 Å². The van der Waals surface area contributed by atoms with Gasteiger partial charge < -0.3 is 15.8 Å². The molecule has 3 rings (SSSR count). The summed E-state index contributed by atoms with van der Waals surface area (Å²) in [5.74, 6) is 0.454. The lowest BCUT2D eigenvalue weighted by molar-refractivity contribution is 0.102. The van der Waals surface area contributed by atoms with Gasteiger partial charge >= 0.3 is 0 Å². The van der Waals surface area contributed by atoms with Gasteiger partial charge in [0.1, 0.15) is 11.6 Å². The number of methoxy groups -OCH3 is 1. The molecule has 0 fully saturated rings. The van der Waals surface area contributed by atoms with E-state index in [4.69, 9.17) is 22.1 Å². The van der Waals surface area contributed by atoms with Gasteiger partial charge in [0.05, 0.1) is 18.3 Å². The van der Waals surface area contributed by atoms with Gasteiger partial charge in [0.15, 0.2) is 0 Å². The summed E-state index contributed by atoms with van der Waals surface area (Å²) in [5, 5.41) is 3.44. The highest BCUT2D eigenvalue weighted by Crippen LogP contribution is 2.32. The zero-order valence-corrected chi connectivity index (χ0v) is 13.0. The van der Waals surface area contributed by atoms with Crippen LogP contribution in [0.25, 0.3) is 10.9 Å². The molecule has 0 saturated carbocycles. The fourth-order valence-electron chi connectivity index (χ4n) is 2.20. The van der Waals surface area contributed by atoms with E-state index >= 15 is 0 Å². The Kier molecular flexibility index (Phi) is 3.99. The Labute approximate surface area is 137 Å². The molecule has 116 valence electrons. The first-order chi connectivity index (χ1) is 11.1. The maximum absolute atomic E-state index is 12.3. The number of benzene rings is 2. The van der Waals surface area contributed by atoms with Crippen molar-refractivity contribution in [2.45, 2.75) is 0 Å². The lowest BCUT2D eigenvalue weighted by atomic mass is 10.1. The summed E-state index contributed by atoms with van der Waals surface area (Å²) in [6, 6.07) is 12.2. The van der Waals surface area contributed by atoms with Gasteiger partial charge in [-0.1, -0.05) is 18.2 Å². The number of rotatable bonds is 3. The van der Waals surface area contributed by atoms with E-state index in [1.807, 2.05) is 6.07 Å². The van der Waals surface area contributed by atoms with Crippen molar-refractivity contribution < 1.29 is 9.53 Å². The van der Waals surface area contributed by atoms with E-state index in [0.29, 0.717) is 27.9 Å². The van der Waals surface area contributed by atoms with Crippen molar-refractivity contribution in [1.29, 1.82) is 0 Å². The van der Waals surface area contributed by atoms with Crippen molar-refractivity contribution in [2.24, 2.45) is 0 Å². The molecule has 2 aromatic carbocycles. The Bertz CT molecular complexity index is 884. The van der Waals surface area contributed by atoms with Gasteiger partial charge in [-0.3, -0.25) is 4.79 Å². The molecule has 0 spiro atoms. The summed E-state index contributed by atoms with van der Waals surface area (Å²) < 4.78 is 5.32. The van der Waals surface area contributed by atoms with Crippen LogP contribution in [0.1, 0.15) is 10.4 Å². The van der Waals surface area contributed by atoms with Crippen LogP contribution in [0.5, 0.6) is 5.75 Å². The normalized spacial score (nSPS) is 10.5. The molecular weight excluding hydrogens is 316 g/mol. The van der Waals surface area contributed by atoms with E-state index in [1.165, 1.54) is 7.11 Å². The first-order valence-electron chi connectivity index (χ1n) is 6.75. The second-order valence-corrected chi connectivity index (χ2v) is 5.11. The Balaban J connectivity index is 2.04. The highest BCUT2D eigenvalue weighted by atomic mass is 35.5. The number of hydrogen-bond acceptors (Lipinski definition) is 5. The fourth-order valence-corrected chi connectivity index (χ4v) is 2.38. The van der Waals surface area contributed by atoms with Crippen molar-refractivity contribution in [1.82, 2.24) is 9.97 Å². The number of carbonyl (C=O) groups excluding carboxylic acids is 1. The predicted octanol–water partition coefficient (Wildman–Crippen LogP) is 3.13. The molecule has 0 aliphatic heterocycles. The molecule has 0 unspecified atom stereocenters. The second kappa shape index (κ2) is 6.10. The Morgan fingerprint density at radius 1 is 1.22 bits per heavy atom. The Morgan fingerprint density at radius 2 is 1.96 bits per heavy atom. The number of nitrogens with one attached hydrogen (secondary N) is 1. The lowest BCUT2D eigenvalue weighted by Gasteiger charge is -2.12. The van der Waals surface area contributed by atoms with Crippen molar-refractivity contribution in [3.05, 3.63) is 53.3 Å². The van der Waals surface area contributed by atoms with Crippen molar-refractivity contribution >= 4 is 39.9 Å². The number of carbonyl (C=O) groups is 1. The van der Waals surface area contributed by atoms with E-state index in [1.54, 1.807) is 36.4 Å². The first-order valence-corrected chi connectivity index (χ1v) is 7.13. The van der Waals surface area contributed by atoms with Crippen molar-refractivity contribution in [3.63, 3.8) is 0 Å². The molecule has 3 aromatic rings. The number of fused-ring (bicyclic) bond motifs is 1. The number of amides is 1. The number of nitrogens with zero attached hydrogens (tertiary/aromatic N) is 2. The maximum atomic E-state index is 12.3. The van der Waals surface area contributed by atoms with Gasteiger partial charge in [-0.25, -0.2) is 9.97 Å². The Hall–Kier alpha value is -2.86. The number of halogens is 1. The van der Waals surface area contributed by atoms with Crippen LogP contribution in [-0.2, 0) is 0 Å². The molecule has 0 saturated heterocycles. The average Bonchev–Trinajstić information content (AvgIpc) is 2.55. The third-order valence-electron chi connectivity index (χ3n) is 3.30. The molecule has 1 aromatic heterocycles. The van der Waals surface area contributed by atoms with Crippen LogP contribution in [0.15, 0.2) is 42.5 Å². The van der Waals surface area contributed by atoms with Crippen LogP contribution >= 0.6 is 11.6 Å². The molecule has 6 nitrogen and oxygen atoms in total. The zero-order valence-electron chi connectivity index (χ0n) is 12.2. The molecule has 0 atom stereocenters. The molecule has 0 radical (unpaired) electrons. The number of aromatic nitrogens is 2. The molecule has 3 N–H and O–H groups in total. The number of hydrogen-bond donors (Lipinski definition) is 2. The van der Waals surface area contributed by atoms with Crippen LogP contribution in [-0.4, -0.2) is 23.0 Å². The third-order valence-corrected chi connectivity index (χ3v) is 3.47. The minimum Gasteiger partial charge on any atom is -0.495 e. The van der Waals surface area contributed by atoms with Gasteiger partial charge in [0.25, 0.3) is 5.91 Å². The summed E-state index contributed by atoms with van der Waals surface area (Å²) in [6.45, 7) is 0. The average molecular weight is 329 g/mol. The minimum absolute atomic E-state index is 0.0421. The third kappa shape index (κ3) is 3.02. The minimum atomic E-state index is -0.253. The van der Waals surface area contributed by atoms with Crippen LogP contribution in [0, 0.1) is 0 Å². The summed E-state index contributed by atoms with van der Waals surface area (Å²) in [6.07, 6.45) is 0. The smallest absolute Gasteiger partial charge is 0.255 e. The van der Waals surface area contributed by atoms with E-state index < -0.39 is 0 Å². The van der Waals surface area contributed by atoms with Gasteiger partial charge in [-0.05, 0) is 35.9 Å². The summed E-state index contributed by atoms with van der Waals surface area (Å²) in [7, 11) is 1.51. The van der Waals surface area contributed by atoms with Gasteiger partial charge in [-0.15, -0.1) is 0 Å². The highest BCUT2D eigenvalue weighted by Gasteiger charge is 2.13. The fraction of sp³-hybridized carbons (Fsp3) is 0.0625. The Morgan fingerprint density at radius 3 is 2.65 bits per heavy atom. The van der Waals surface area contributed by atoms with Crippen LogP contribution in [0.2, 0.25) is 5.28 Å². The van der Waals surface area contributed by atoms with E-state index in [0.717, 1.165) is 0 Å². The number of ether oxygens (including phenoxy) is 1. The molecule has 0 aliphatic rings. The molecular formula is C16H13ClN4O2.